The van der Waals surface area contributed by atoms with E-state index in [9.17, 15) is 4.79 Å². The molecule has 2 rings (SSSR count). The fourth-order valence-corrected chi connectivity index (χ4v) is 1.53. The Morgan fingerprint density at radius 1 is 1.15 bits per heavy atom. The molecule has 0 saturated heterocycles. The molecule has 0 aliphatic rings. The van der Waals surface area contributed by atoms with E-state index in [1.165, 1.54) is 30.6 Å². The van der Waals surface area contributed by atoms with Crippen LogP contribution in [0.1, 0.15) is 21.6 Å². The first-order chi connectivity index (χ1) is 9.63. The van der Waals surface area contributed by atoms with Gasteiger partial charge in [-0.25, -0.2) is 9.97 Å². The Morgan fingerprint density at radius 2 is 1.90 bits per heavy atom. The summed E-state index contributed by atoms with van der Waals surface area (Å²) in [5.41, 5.74) is 0.920. The van der Waals surface area contributed by atoms with Crippen LogP contribution >= 0.6 is 11.6 Å². The van der Waals surface area contributed by atoms with E-state index >= 15 is 0 Å². The Balaban J connectivity index is 2.23. The van der Waals surface area contributed by atoms with Crippen molar-refractivity contribution in [3.8, 4) is 12.1 Å². The molecule has 0 aliphatic carbocycles. The molecule has 0 unspecified atom stereocenters. The van der Waals surface area contributed by atoms with Crippen LogP contribution in [0.25, 0.3) is 0 Å². The summed E-state index contributed by atoms with van der Waals surface area (Å²) in [4.78, 5) is 19.5. The molecular weight excluding hydrogens is 278 g/mol. The van der Waals surface area contributed by atoms with Crippen molar-refractivity contribution < 1.29 is 4.79 Å². The average Bonchev–Trinajstić information content (AvgIpc) is 2.47. The molecule has 1 heterocycles. The van der Waals surface area contributed by atoms with Crippen molar-refractivity contribution in [2.24, 2.45) is 0 Å². The standard InChI is InChI=1S/C13H6ClN5O/c14-12-7-17-11(6-18-12)13(20)19-10-2-1-8(4-15)9(3-10)5-16/h1-3,6-7H,(H,19,20). The third-order valence-electron chi connectivity index (χ3n) is 2.37. The van der Waals surface area contributed by atoms with Crippen molar-refractivity contribution in [2.75, 3.05) is 5.32 Å². The predicted octanol–water partition coefficient (Wildman–Crippen LogP) is 2.13. The topological polar surface area (TPSA) is 102 Å². The maximum absolute atomic E-state index is 11.9. The van der Waals surface area contributed by atoms with Gasteiger partial charge in [0, 0.05) is 5.69 Å². The van der Waals surface area contributed by atoms with Gasteiger partial charge in [-0.15, -0.1) is 0 Å². The SMILES string of the molecule is N#Cc1ccc(NC(=O)c2cnc(Cl)cn2)cc1C#N. The van der Waals surface area contributed by atoms with Crippen LogP contribution in [-0.2, 0) is 0 Å². The molecule has 1 amide bonds. The number of aromatic nitrogens is 2. The highest BCUT2D eigenvalue weighted by Crippen LogP contribution is 2.15. The van der Waals surface area contributed by atoms with Crippen molar-refractivity contribution in [2.45, 2.75) is 0 Å². The molecule has 1 aromatic carbocycles. The minimum Gasteiger partial charge on any atom is -0.321 e. The van der Waals surface area contributed by atoms with Gasteiger partial charge in [0.2, 0.25) is 0 Å². The summed E-state index contributed by atoms with van der Waals surface area (Å²) in [6, 6.07) is 8.19. The molecule has 6 nitrogen and oxygen atoms in total. The molecule has 0 fully saturated rings. The first kappa shape index (κ1) is 13.5. The predicted molar refractivity (Wildman–Crippen MR) is 70.9 cm³/mol. The first-order valence-electron chi connectivity index (χ1n) is 5.37. The van der Waals surface area contributed by atoms with Gasteiger partial charge < -0.3 is 5.32 Å². The molecule has 0 spiro atoms. The third kappa shape index (κ3) is 2.89. The highest BCUT2D eigenvalue weighted by Gasteiger charge is 2.10. The van der Waals surface area contributed by atoms with Gasteiger partial charge in [0.15, 0.2) is 0 Å². The number of amides is 1. The Morgan fingerprint density at radius 3 is 2.50 bits per heavy atom. The zero-order chi connectivity index (χ0) is 14.5. The van der Waals surface area contributed by atoms with Gasteiger partial charge in [0.1, 0.15) is 23.0 Å². The van der Waals surface area contributed by atoms with Crippen LogP contribution in [0.5, 0.6) is 0 Å². The Labute approximate surface area is 119 Å². The lowest BCUT2D eigenvalue weighted by Gasteiger charge is -2.05. The van der Waals surface area contributed by atoms with Crippen LogP contribution in [0.4, 0.5) is 5.69 Å². The number of nitrogens with zero attached hydrogens (tertiary/aromatic N) is 4. The van der Waals surface area contributed by atoms with E-state index in [4.69, 9.17) is 22.1 Å². The maximum Gasteiger partial charge on any atom is 0.275 e. The number of rotatable bonds is 2. The molecular formula is C13H6ClN5O. The van der Waals surface area contributed by atoms with E-state index in [-0.39, 0.29) is 22.0 Å². The molecule has 1 aromatic heterocycles. The number of nitrogens with one attached hydrogen (secondary N) is 1. The minimum atomic E-state index is -0.484. The van der Waals surface area contributed by atoms with Gasteiger partial charge in [-0.05, 0) is 18.2 Å². The normalized spacial score (nSPS) is 9.35. The second-order valence-electron chi connectivity index (χ2n) is 3.66. The number of carbonyl (C=O) groups excluding carboxylic acids is 1. The van der Waals surface area contributed by atoms with Gasteiger partial charge in [-0.2, -0.15) is 10.5 Å². The summed E-state index contributed by atoms with van der Waals surface area (Å²) < 4.78 is 0. The van der Waals surface area contributed by atoms with Crippen LogP contribution in [0.15, 0.2) is 30.6 Å². The lowest BCUT2D eigenvalue weighted by molar-refractivity contribution is 0.102. The van der Waals surface area contributed by atoms with Gasteiger partial charge in [0.05, 0.1) is 23.5 Å². The van der Waals surface area contributed by atoms with Crippen LogP contribution in [-0.4, -0.2) is 15.9 Å². The number of anilines is 1. The van der Waals surface area contributed by atoms with Crippen molar-refractivity contribution in [3.63, 3.8) is 0 Å². The van der Waals surface area contributed by atoms with Crippen molar-refractivity contribution >= 4 is 23.2 Å². The summed E-state index contributed by atoms with van der Waals surface area (Å²) in [6.45, 7) is 0. The Bertz CT molecular complexity index is 743. The average molecular weight is 284 g/mol. The quantitative estimate of drug-likeness (QED) is 0.909. The molecule has 7 heteroatoms. The first-order valence-corrected chi connectivity index (χ1v) is 5.75. The van der Waals surface area contributed by atoms with Crippen molar-refractivity contribution in [3.05, 3.63) is 52.6 Å². The maximum atomic E-state index is 11.9. The number of halogens is 1. The Kier molecular flexibility index (Phi) is 3.90. The number of nitriles is 2. The molecule has 0 saturated carbocycles. The second kappa shape index (κ2) is 5.79. The van der Waals surface area contributed by atoms with Crippen LogP contribution < -0.4 is 5.32 Å². The number of benzene rings is 1. The van der Waals surface area contributed by atoms with Crippen molar-refractivity contribution in [1.29, 1.82) is 10.5 Å². The minimum absolute atomic E-state index is 0.0947. The van der Waals surface area contributed by atoms with Crippen LogP contribution in [0, 0.1) is 22.7 Å². The van der Waals surface area contributed by atoms with E-state index in [1.54, 1.807) is 0 Å². The van der Waals surface area contributed by atoms with E-state index in [0.717, 1.165) is 0 Å². The molecule has 0 radical (unpaired) electrons. The number of hydrogen-bond acceptors (Lipinski definition) is 5. The molecule has 20 heavy (non-hydrogen) atoms. The fraction of sp³-hybridized carbons (Fsp3) is 0. The monoisotopic (exact) mass is 283 g/mol. The fourth-order valence-electron chi connectivity index (χ4n) is 1.44. The smallest absolute Gasteiger partial charge is 0.275 e. The molecule has 0 atom stereocenters. The number of hydrogen-bond donors (Lipinski definition) is 1. The van der Waals surface area contributed by atoms with E-state index in [1.807, 2.05) is 12.1 Å². The van der Waals surface area contributed by atoms with Gasteiger partial charge in [0.25, 0.3) is 5.91 Å². The van der Waals surface area contributed by atoms with E-state index in [2.05, 4.69) is 15.3 Å². The van der Waals surface area contributed by atoms with E-state index in [0.29, 0.717) is 5.69 Å². The lowest BCUT2D eigenvalue weighted by atomic mass is 10.1. The Hall–Kier alpha value is -2.96. The summed E-state index contributed by atoms with van der Waals surface area (Å²) in [7, 11) is 0. The highest BCUT2D eigenvalue weighted by molar-refractivity contribution is 6.29. The molecule has 1 N–H and O–H groups in total. The molecule has 0 aliphatic heterocycles. The zero-order valence-electron chi connectivity index (χ0n) is 9.96. The van der Waals surface area contributed by atoms with E-state index < -0.39 is 5.91 Å². The second-order valence-corrected chi connectivity index (χ2v) is 4.05. The largest absolute Gasteiger partial charge is 0.321 e. The lowest BCUT2D eigenvalue weighted by Crippen LogP contribution is -2.14. The summed E-state index contributed by atoms with van der Waals surface area (Å²) >= 11 is 5.58. The molecule has 96 valence electrons. The van der Waals surface area contributed by atoms with Gasteiger partial charge in [-0.1, -0.05) is 11.6 Å². The van der Waals surface area contributed by atoms with Crippen LogP contribution in [0.2, 0.25) is 5.15 Å². The summed E-state index contributed by atoms with van der Waals surface area (Å²) in [5, 5.41) is 20.5. The zero-order valence-corrected chi connectivity index (χ0v) is 10.7. The van der Waals surface area contributed by atoms with Crippen molar-refractivity contribution in [1.82, 2.24) is 9.97 Å². The molecule has 0 bridgehead atoms. The third-order valence-corrected chi connectivity index (χ3v) is 2.57. The summed E-state index contributed by atoms with van der Waals surface area (Å²) in [5.74, 6) is -0.484. The van der Waals surface area contributed by atoms with Crippen LogP contribution in [0.3, 0.4) is 0 Å². The number of carbonyl (C=O) groups is 1. The summed E-state index contributed by atoms with van der Waals surface area (Å²) in [6.07, 6.45) is 2.50. The molecule has 2 aromatic rings. The van der Waals surface area contributed by atoms with Gasteiger partial charge >= 0.3 is 0 Å². The highest BCUT2D eigenvalue weighted by atomic mass is 35.5. The van der Waals surface area contributed by atoms with Gasteiger partial charge in [-0.3, -0.25) is 4.79 Å².